The summed E-state index contributed by atoms with van der Waals surface area (Å²) in [5.74, 6) is 0.884. The third-order valence-corrected chi connectivity index (χ3v) is 2.97. The molecule has 7 heteroatoms. The summed E-state index contributed by atoms with van der Waals surface area (Å²) in [4.78, 5) is 13.5. The summed E-state index contributed by atoms with van der Waals surface area (Å²) in [5.41, 5.74) is 6.75. The van der Waals surface area contributed by atoms with Crippen molar-refractivity contribution in [1.82, 2.24) is 10.2 Å². The molecule has 0 aromatic heterocycles. The summed E-state index contributed by atoms with van der Waals surface area (Å²) in [6.45, 7) is 4.04. The Morgan fingerprint density at radius 3 is 2.39 bits per heavy atom. The molecule has 0 spiro atoms. The molecule has 0 bridgehead atoms. The fraction of sp³-hybridized carbons (Fsp3) is 0.562. The van der Waals surface area contributed by atoms with E-state index >= 15 is 0 Å². The standard InChI is InChI=1S/C16H27N3O2.2ClH/c1-13(17)12-16(20)18-9-8-14-4-6-15(7-5-14)21-11-10-19(2)3;;/h4-7,13H,8-12,17H2,1-3H3,(H,18,20);2*1H. The van der Waals surface area contributed by atoms with Crippen LogP contribution in [0.25, 0.3) is 0 Å². The number of nitrogens with zero attached hydrogens (tertiary/aromatic N) is 1. The number of benzene rings is 1. The molecule has 1 rings (SSSR count). The van der Waals surface area contributed by atoms with Gasteiger partial charge in [0.2, 0.25) is 5.91 Å². The molecule has 0 aliphatic rings. The Morgan fingerprint density at radius 1 is 1.26 bits per heavy atom. The molecule has 1 amide bonds. The number of ether oxygens (including phenoxy) is 1. The van der Waals surface area contributed by atoms with E-state index in [9.17, 15) is 4.79 Å². The van der Waals surface area contributed by atoms with Crippen molar-refractivity contribution >= 4 is 30.7 Å². The largest absolute Gasteiger partial charge is 0.492 e. The fourth-order valence-electron chi connectivity index (χ4n) is 1.81. The van der Waals surface area contributed by atoms with Gasteiger partial charge in [-0.1, -0.05) is 12.1 Å². The van der Waals surface area contributed by atoms with Gasteiger partial charge in [-0.2, -0.15) is 0 Å². The first kappa shape index (κ1) is 24.2. The van der Waals surface area contributed by atoms with E-state index in [1.807, 2.05) is 45.3 Å². The molecule has 0 saturated carbocycles. The molecule has 0 heterocycles. The molecule has 0 radical (unpaired) electrons. The highest BCUT2D eigenvalue weighted by atomic mass is 35.5. The maximum atomic E-state index is 11.5. The minimum atomic E-state index is -0.0939. The van der Waals surface area contributed by atoms with Crippen LogP contribution in [0.1, 0.15) is 18.9 Å². The Kier molecular flexibility index (Phi) is 14.2. The van der Waals surface area contributed by atoms with Crippen molar-refractivity contribution in [2.24, 2.45) is 5.73 Å². The minimum Gasteiger partial charge on any atom is -0.492 e. The van der Waals surface area contributed by atoms with E-state index < -0.39 is 0 Å². The van der Waals surface area contributed by atoms with Gasteiger partial charge in [-0.25, -0.2) is 0 Å². The van der Waals surface area contributed by atoms with Crippen LogP contribution in [0.15, 0.2) is 24.3 Å². The Bertz CT molecular complexity index is 426. The van der Waals surface area contributed by atoms with Crippen LogP contribution >= 0.6 is 24.8 Å². The zero-order valence-corrected chi connectivity index (χ0v) is 15.7. The topological polar surface area (TPSA) is 67.6 Å². The maximum Gasteiger partial charge on any atom is 0.221 e. The molecule has 23 heavy (non-hydrogen) atoms. The van der Waals surface area contributed by atoms with Crippen LogP contribution in [0.2, 0.25) is 0 Å². The normalized spacial score (nSPS) is 11.2. The molecular formula is C16H29Cl2N3O2. The average molecular weight is 366 g/mol. The third kappa shape index (κ3) is 12.1. The van der Waals surface area contributed by atoms with Crippen LogP contribution in [0.3, 0.4) is 0 Å². The van der Waals surface area contributed by atoms with Gasteiger partial charge in [0.05, 0.1) is 0 Å². The van der Waals surface area contributed by atoms with Gasteiger partial charge in [-0.3, -0.25) is 4.79 Å². The number of nitrogens with two attached hydrogens (primary N) is 1. The molecule has 1 atom stereocenters. The van der Waals surface area contributed by atoms with E-state index in [0.29, 0.717) is 19.6 Å². The van der Waals surface area contributed by atoms with Crippen LogP contribution in [-0.2, 0) is 11.2 Å². The first-order chi connectivity index (χ1) is 9.97. The summed E-state index contributed by atoms with van der Waals surface area (Å²) >= 11 is 0. The second-order valence-corrected chi connectivity index (χ2v) is 5.58. The lowest BCUT2D eigenvalue weighted by Gasteiger charge is -2.11. The van der Waals surface area contributed by atoms with Crippen LogP contribution in [0, 0.1) is 0 Å². The molecule has 0 aliphatic carbocycles. The SMILES string of the molecule is CC(N)CC(=O)NCCc1ccc(OCCN(C)C)cc1.Cl.Cl. The van der Waals surface area contributed by atoms with Gasteiger partial charge in [0, 0.05) is 25.6 Å². The van der Waals surface area contributed by atoms with Gasteiger partial charge in [0.25, 0.3) is 0 Å². The third-order valence-electron chi connectivity index (χ3n) is 2.97. The molecule has 0 saturated heterocycles. The maximum absolute atomic E-state index is 11.5. The highest BCUT2D eigenvalue weighted by Crippen LogP contribution is 2.12. The van der Waals surface area contributed by atoms with Crippen LogP contribution in [-0.4, -0.2) is 50.6 Å². The van der Waals surface area contributed by atoms with Gasteiger partial charge in [0.15, 0.2) is 0 Å². The van der Waals surface area contributed by atoms with Crippen LogP contribution in [0.4, 0.5) is 0 Å². The number of nitrogens with one attached hydrogen (secondary N) is 1. The molecule has 134 valence electrons. The van der Waals surface area contributed by atoms with Crippen molar-refractivity contribution in [2.75, 3.05) is 33.8 Å². The predicted molar refractivity (Wildman–Crippen MR) is 100.0 cm³/mol. The minimum absolute atomic E-state index is 0. The Labute approximate surface area is 151 Å². The lowest BCUT2D eigenvalue weighted by molar-refractivity contribution is -0.121. The molecule has 3 N–H and O–H groups in total. The molecule has 5 nitrogen and oxygen atoms in total. The molecule has 1 aromatic carbocycles. The summed E-state index contributed by atoms with van der Waals surface area (Å²) < 4.78 is 5.63. The zero-order chi connectivity index (χ0) is 15.7. The number of hydrogen-bond acceptors (Lipinski definition) is 4. The molecule has 0 fully saturated rings. The first-order valence-corrected chi connectivity index (χ1v) is 7.36. The van der Waals surface area contributed by atoms with Gasteiger partial charge in [-0.15, -0.1) is 24.8 Å². The number of rotatable bonds is 9. The van der Waals surface area contributed by atoms with Crippen LogP contribution in [0.5, 0.6) is 5.75 Å². The number of hydrogen-bond donors (Lipinski definition) is 2. The number of amides is 1. The average Bonchev–Trinajstić information content (AvgIpc) is 2.39. The number of halogens is 2. The van der Waals surface area contributed by atoms with Gasteiger partial charge in [-0.05, 0) is 45.1 Å². The summed E-state index contributed by atoms with van der Waals surface area (Å²) in [5, 5.41) is 2.87. The second kappa shape index (κ2) is 13.4. The van der Waals surface area contributed by atoms with E-state index in [4.69, 9.17) is 10.5 Å². The monoisotopic (exact) mass is 365 g/mol. The van der Waals surface area contributed by atoms with Crippen molar-refractivity contribution in [3.63, 3.8) is 0 Å². The highest BCUT2D eigenvalue weighted by Gasteiger charge is 2.04. The van der Waals surface area contributed by atoms with E-state index in [1.165, 1.54) is 5.56 Å². The van der Waals surface area contributed by atoms with Crippen molar-refractivity contribution in [3.8, 4) is 5.75 Å². The quantitative estimate of drug-likeness (QED) is 0.700. The zero-order valence-electron chi connectivity index (χ0n) is 14.1. The van der Waals surface area contributed by atoms with E-state index in [-0.39, 0.29) is 36.8 Å². The summed E-state index contributed by atoms with van der Waals surface area (Å²) in [6.07, 6.45) is 1.18. The Hall–Kier alpha value is -1.01. The smallest absolute Gasteiger partial charge is 0.221 e. The molecule has 1 unspecified atom stereocenters. The summed E-state index contributed by atoms with van der Waals surface area (Å²) in [6, 6.07) is 7.90. The van der Waals surface area contributed by atoms with Crippen molar-refractivity contribution in [2.45, 2.75) is 25.8 Å². The lowest BCUT2D eigenvalue weighted by Crippen LogP contribution is -2.31. The van der Waals surface area contributed by atoms with Gasteiger partial charge >= 0.3 is 0 Å². The van der Waals surface area contributed by atoms with Gasteiger partial charge < -0.3 is 20.7 Å². The number of carbonyl (C=O) groups excluding carboxylic acids is 1. The fourth-order valence-corrected chi connectivity index (χ4v) is 1.81. The first-order valence-electron chi connectivity index (χ1n) is 7.36. The molecular weight excluding hydrogens is 337 g/mol. The molecule has 1 aromatic rings. The van der Waals surface area contributed by atoms with Gasteiger partial charge in [0.1, 0.15) is 12.4 Å². The van der Waals surface area contributed by atoms with E-state index in [0.717, 1.165) is 18.7 Å². The van der Waals surface area contributed by atoms with E-state index in [2.05, 4.69) is 10.2 Å². The van der Waals surface area contributed by atoms with Crippen molar-refractivity contribution in [1.29, 1.82) is 0 Å². The number of carbonyl (C=O) groups is 1. The Morgan fingerprint density at radius 2 is 1.87 bits per heavy atom. The molecule has 0 aliphatic heterocycles. The lowest BCUT2D eigenvalue weighted by atomic mass is 10.1. The summed E-state index contributed by atoms with van der Waals surface area (Å²) in [7, 11) is 4.04. The van der Waals surface area contributed by atoms with Crippen LogP contribution < -0.4 is 15.8 Å². The highest BCUT2D eigenvalue weighted by molar-refractivity contribution is 5.85. The Balaban J connectivity index is 0. The van der Waals surface area contributed by atoms with Crippen molar-refractivity contribution < 1.29 is 9.53 Å². The second-order valence-electron chi connectivity index (χ2n) is 5.58. The predicted octanol–water partition coefficient (Wildman–Crippen LogP) is 1.87. The van der Waals surface area contributed by atoms with Crippen molar-refractivity contribution in [3.05, 3.63) is 29.8 Å². The van der Waals surface area contributed by atoms with E-state index in [1.54, 1.807) is 0 Å². The number of likely N-dealkylation sites (N-methyl/N-ethyl adjacent to an activating group) is 1.